The lowest BCUT2D eigenvalue weighted by molar-refractivity contribution is 0.0988. The molecule has 0 fully saturated rings. The molecule has 8 nitrogen and oxygen atoms in total. The number of amides is 1. The second kappa shape index (κ2) is 6.64. The van der Waals surface area contributed by atoms with Crippen molar-refractivity contribution in [1.29, 1.82) is 0 Å². The second-order valence-corrected chi connectivity index (χ2v) is 6.14. The molecule has 1 amide bonds. The topological polar surface area (TPSA) is 112 Å². The molecule has 0 saturated carbocycles. The van der Waals surface area contributed by atoms with Crippen molar-refractivity contribution in [1.82, 2.24) is 14.8 Å². The number of nitrogens with zero attached hydrogens (tertiary/aromatic N) is 3. The maximum atomic E-state index is 11.9. The molecule has 1 aliphatic heterocycles. The number of aromatic nitrogens is 3. The number of fused-ring (bicyclic) bond motifs is 1. The van der Waals surface area contributed by atoms with Gasteiger partial charge in [-0.3, -0.25) is 9.36 Å². The number of methoxy groups -OCH3 is 1. The predicted octanol–water partition coefficient (Wildman–Crippen LogP) is 2.07. The number of carbonyl (C=O) groups is 1. The summed E-state index contributed by atoms with van der Waals surface area (Å²) in [5.74, 6) is 0.982. The first-order valence-corrected chi connectivity index (χ1v) is 8.48. The zero-order valence-corrected chi connectivity index (χ0v) is 14.7. The first-order chi connectivity index (χ1) is 13.1. The third-order valence-corrected chi connectivity index (χ3v) is 4.52. The Hall–Kier alpha value is -3.55. The van der Waals surface area contributed by atoms with E-state index in [0.717, 1.165) is 12.0 Å². The van der Waals surface area contributed by atoms with Crippen LogP contribution in [0.5, 0.6) is 17.2 Å². The van der Waals surface area contributed by atoms with Gasteiger partial charge in [0.2, 0.25) is 5.82 Å². The van der Waals surface area contributed by atoms with Crippen LogP contribution >= 0.6 is 0 Å². The summed E-state index contributed by atoms with van der Waals surface area (Å²) in [6.07, 6.45) is 1.52. The van der Waals surface area contributed by atoms with Crippen molar-refractivity contribution in [2.45, 2.75) is 12.8 Å². The van der Waals surface area contributed by atoms with Crippen LogP contribution in [0.4, 0.5) is 0 Å². The smallest absolute Gasteiger partial charge is 0.287 e. The lowest BCUT2D eigenvalue weighted by Crippen LogP contribution is -2.18. The van der Waals surface area contributed by atoms with E-state index in [1.165, 1.54) is 4.57 Å². The number of ether oxygens (including phenoxy) is 2. The number of phenols is 1. The van der Waals surface area contributed by atoms with E-state index in [4.69, 9.17) is 15.2 Å². The van der Waals surface area contributed by atoms with Crippen molar-refractivity contribution in [3.05, 3.63) is 47.8 Å². The van der Waals surface area contributed by atoms with Crippen LogP contribution in [0.25, 0.3) is 17.1 Å². The Bertz CT molecular complexity index is 1010. The van der Waals surface area contributed by atoms with Crippen molar-refractivity contribution in [2.75, 3.05) is 13.7 Å². The number of aromatic hydroxyl groups is 1. The minimum absolute atomic E-state index is 0.0245. The minimum Gasteiger partial charge on any atom is -0.507 e. The summed E-state index contributed by atoms with van der Waals surface area (Å²) in [5, 5.41) is 18.8. The molecule has 0 aliphatic carbocycles. The van der Waals surface area contributed by atoms with Gasteiger partial charge in [-0.2, -0.15) is 0 Å². The monoisotopic (exact) mass is 366 g/mol. The van der Waals surface area contributed by atoms with Crippen LogP contribution in [-0.4, -0.2) is 39.5 Å². The zero-order chi connectivity index (χ0) is 19.0. The molecule has 138 valence electrons. The Morgan fingerprint density at radius 2 is 2.00 bits per heavy atom. The number of phenolic OH excluding ortho intramolecular Hbond substituents is 1. The van der Waals surface area contributed by atoms with E-state index in [9.17, 15) is 9.90 Å². The van der Waals surface area contributed by atoms with Gasteiger partial charge in [-0.15, -0.1) is 10.2 Å². The minimum atomic E-state index is -0.717. The predicted molar refractivity (Wildman–Crippen MR) is 97.3 cm³/mol. The summed E-state index contributed by atoms with van der Waals surface area (Å²) in [6.45, 7) is 0.625. The molecule has 0 radical (unpaired) electrons. The number of rotatable bonds is 4. The third-order valence-electron chi connectivity index (χ3n) is 4.52. The highest BCUT2D eigenvalue weighted by Gasteiger charge is 2.24. The zero-order valence-electron chi connectivity index (χ0n) is 14.7. The molecule has 0 bridgehead atoms. The quantitative estimate of drug-likeness (QED) is 0.731. The van der Waals surface area contributed by atoms with Gasteiger partial charge in [0, 0.05) is 11.3 Å². The number of hydrogen-bond donors (Lipinski definition) is 2. The molecule has 4 rings (SSSR count). The summed E-state index contributed by atoms with van der Waals surface area (Å²) in [4.78, 5) is 11.9. The van der Waals surface area contributed by atoms with E-state index in [2.05, 4.69) is 10.2 Å². The third kappa shape index (κ3) is 2.84. The van der Waals surface area contributed by atoms with Crippen LogP contribution in [-0.2, 0) is 6.42 Å². The number of primary amides is 1. The van der Waals surface area contributed by atoms with Crippen molar-refractivity contribution < 1.29 is 19.4 Å². The average Bonchev–Trinajstić information content (AvgIpc) is 3.14. The molecule has 3 aromatic rings. The van der Waals surface area contributed by atoms with Gasteiger partial charge in [-0.25, -0.2) is 0 Å². The SMILES string of the molecule is COc1ccc(-n2c(C(N)=O)nnc2-c2ccc3c(c2O)CCCO3)cc1. The van der Waals surface area contributed by atoms with Crippen molar-refractivity contribution in [2.24, 2.45) is 5.73 Å². The first kappa shape index (κ1) is 16.9. The Morgan fingerprint density at radius 1 is 1.22 bits per heavy atom. The summed E-state index contributed by atoms with van der Waals surface area (Å²) >= 11 is 0. The van der Waals surface area contributed by atoms with E-state index >= 15 is 0 Å². The normalized spacial score (nSPS) is 12.9. The highest BCUT2D eigenvalue weighted by molar-refractivity contribution is 5.91. The molecule has 0 atom stereocenters. The number of benzene rings is 2. The largest absolute Gasteiger partial charge is 0.507 e. The molecule has 0 unspecified atom stereocenters. The van der Waals surface area contributed by atoms with Crippen LogP contribution in [0.15, 0.2) is 36.4 Å². The molecule has 2 aromatic carbocycles. The summed E-state index contributed by atoms with van der Waals surface area (Å²) in [7, 11) is 1.57. The summed E-state index contributed by atoms with van der Waals surface area (Å²) < 4.78 is 12.3. The molecule has 0 saturated heterocycles. The maximum absolute atomic E-state index is 11.9. The lowest BCUT2D eigenvalue weighted by atomic mass is 10.0. The molecule has 1 aromatic heterocycles. The lowest BCUT2D eigenvalue weighted by Gasteiger charge is -2.20. The van der Waals surface area contributed by atoms with E-state index in [-0.39, 0.29) is 11.6 Å². The Labute approximate surface area is 155 Å². The average molecular weight is 366 g/mol. The Morgan fingerprint density at radius 3 is 2.70 bits per heavy atom. The van der Waals surface area contributed by atoms with Gasteiger partial charge in [-0.05, 0) is 49.2 Å². The van der Waals surface area contributed by atoms with Gasteiger partial charge >= 0.3 is 0 Å². The van der Waals surface area contributed by atoms with Crippen LogP contribution in [0.1, 0.15) is 22.6 Å². The highest BCUT2D eigenvalue weighted by Crippen LogP contribution is 2.40. The van der Waals surface area contributed by atoms with Crippen molar-refractivity contribution in [3.8, 4) is 34.3 Å². The van der Waals surface area contributed by atoms with Gasteiger partial charge in [0.05, 0.1) is 19.3 Å². The summed E-state index contributed by atoms with van der Waals surface area (Å²) in [5.41, 5.74) is 7.28. The van der Waals surface area contributed by atoms with E-state index in [1.54, 1.807) is 43.5 Å². The van der Waals surface area contributed by atoms with Crippen LogP contribution < -0.4 is 15.2 Å². The fraction of sp³-hybridized carbons (Fsp3) is 0.211. The Balaban J connectivity index is 1.90. The fourth-order valence-corrected chi connectivity index (χ4v) is 3.20. The van der Waals surface area contributed by atoms with Gasteiger partial charge in [-0.1, -0.05) is 0 Å². The molecule has 1 aliphatic rings. The number of nitrogens with two attached hydrogens (primary N) is 1. The molecular weight excluding hydrogens is 348 g/mol. The molecule has 8 heteroatoms. The number of carbonyl (C=O) groups excluding carboxylic acids is 1. The molecule has 3 N–H and O–H groups in total. The fourth-order valence-electron chi connectivity index (χ4n) is 3.20. The highest BCUT2D eigenvalue weighted by atomic mass is 16.5. The molecule has 27 heavy (non-hydrogen) atoms. The summed E-state index contributed by atoms with van der Waals surface area (Å²) in [6, 6.07) is 10.5. The second-order valence-electron chi connectivity index (χ2n) is 6.14. The van der Waals surface area contributed by atoms with Crippen LogP contribution in [0.3, 0.4) is 0 Å². The van der Waals surface area contributed by atoms with Gasteiger partial charge in [0.25, 0.3) is 5.91 Å². The van der Waals surface area contributed by atoms with E-state index < -0.39 is 5.91 Å². The van der Waals surface area contributed by atoms with Gasteiger partial charge in [0.15, 0.2) is 5.82 Å². The molecule has 2 heterocycles. The van der Waals surface area contributed by atoms with Gasteiger partial charge in [0.1, 0.15) is 17.2 Å². The van der Waals surface area contributed by atoms with E-state index in [1.807, 2.05) is 0 Å². The van der Waals surface area contributed by atoms with E-state index in [0.29, 0.717) is 41.6 Å². The standard InChI is InChI=1S/C19H18N4O4/c1-26-12-6-4-11(5-7-12)23-18(21-22-19(23)17(20)25)14-8-9-15-13(16(14)24)3-2-10-27-15/h4-9,24H,2-3,10H2,1H3,(H2,20,25). The van der Waals surface area contributed by atoms with Crippen molar-refractivity contribution in [3.63, 3.8) is 0 Å². The molecule has 0 spiro atoms. The first-order valence-electron chi connectivity index (χ1n) is 8.48. The van der Waals surface area contributed by atoms with Crippen molar-refractivity contribution >= 4 is 5.91 Å². The molecular formula is C19H18N4O4. The van der Waals surface area contributed by atoms with Crippen LogP contribution in [0, 0.1) is 0 Å². The Kier molecular flexibility index (Phi) is 4.15. The van der Waals surface area contributed by atoms with Crippen LogP contribution in [0.2, 0.25) is 0 Å². The number of hydrogen-bond acceptors (Lipinski definition) is 6. The van der Waals surface area contributed by atoms with Gasteiger partial charge < -0.3 is 20.3 Å². The maximum Gasteiger partial charge on any atom is 0.287 e.